The quantitative estimate of drug-likeness (QED) is 0.688. The Balaban J connectivity index is 2.23. The van der Waals surface area contributed by atoms with E-state index in [1.54, 1.807) is 18.2 Å². The summed E-state index contributed by atoms with van der Waals surface area (Å²) >= 11 is 0. The first-order valence-corrected chi connectivity index (χ1v) is 9.01. The van der Waals surface area contributed by atoms with Crippen LogP contribution in [0.5, 0.6) is 0 Å². The molecule has 2 rings (SSSR count). The zero-order valence-corrected chi connectivity index (χ0v) is 15.8. The van der Waals surface area contributed by atoms with Crippen molar-refractivity contribution in [2.24, 2.45) is 0 Å². The molecule has 1 aliphatic heterocycles. The normalized spacial score (nSPS) is 23.6. The summed E-state index contributed by atoms with van der Waals surface area (Å²) in [4.78, 5) is 28.7. The van der Waals surface area contributed by atoms with Gasteiger partial charge in [0.05, 0.1) is 6.54 Å². The van der Waals surface area contributed by atoms with Crippen LogP contribution in [0.15, 0.2) is 24.3 Å². The fourth-order valence-electron chi connectivity index (χ4n) is 3.24. The van der Waals surface area contributed by atoms with Crippen molar-refractivity contribution in [2.45, 2.75) is 51.0 Å². The fraction of sp³-hybridized carbons (Fsp3) is 0.579. The number of carbonyl (C=O) groups excluding carboxylic acids is 2. The highest BCUT2D eigenvalue weighted by Gasteiger charge is 2.46. The summed E-state index contributed by atoms with van der Waals surface area (Å²) in [5.74, 6) is -0.820. The number of nitrogens with one attached hydrogen (secondary N) is 1. The van der Waals surface area contributed by atoms with Crippen LogP contribution in [0.3, 0.4) is 0 Å². The second-order valence-corrected chi connectivity index (χ2v) is 7.10. The van der Waals surface area contributed by atoms with Gasteiger partial charge in [0.1, 0.15) is 18.2 Å². The number of aliphatic hydroxyl groups is 2. The summed E-state index contributed by atoms with van der Waals surface area (Å²) in [6.45, 7) is 3.82. The summed E-state index contributed by atoms with van der Waals surface area (Å²) < 4.78 is 0. The number of likely N-dealkylation sites (tertiary alicyclic amines) is 1. The zero-order chi connectivity index (χ0) is 19.4. The molecule has 1 saturated heterocycles. The highest BCUT2D eigenvalue weighted by atomic mass is 16.3. The molecule has 0 aromatic heterocycles. The van der Waals surface area contributed by atoms with Gasteiger partial charge in [0.15, 0.2) is 0 Å². The van der Waals surface area contributed by atoms with Gasteiger partial charge in [-0.05, 0) is 31.5 Å². The second-order valence-electron chi connectivity index (χ2n) is 7.10. The molecular weight excluding hydrogens is 334 g/mol. The number of rotatable bonds is 6. The minimum Gasteiger partial charge on any atom is -0.388 e. The summed E-state index contributed by atoms with van der Waals surface area (Å²) in [5.41, 5.74) is 1.27. The standard InChI is InChI=1S/C19H29N3O4/c1-5-7-12(2)20-18(25)16-17(24)15(23)11-22(16)19(26)13-8-6-9-14(10-13)21(3)4/h6,8-10,12,15-17,23-24H,5,7,11H2,1-4H3,(H,20,25)/t12?,15-,16-,17+/m0/s1. The Bertz CT molecular complexity index is 649. The molecule has 0 aliphatic carbocycles. The van der Waals surface area contributed by atoms with Gasteiger partial charge in [-0.15, -0.1) is 0 Å². The first-order valence-electron chi connectivity index (χ1n) is 9.01. The Morgan fingerprint density at radius 1 is 1.35 bits per heavy atom. The molecular formula is C19H29N3O4. The number of nitrogens with zero attached hydrogens (tertiary/aromatic N) is 2. The van der Waals surface area contributed by atoms with E-state index in [9.17, 15) is 19.8 Å². The van der Waals surface area contributed by atoms with Gasteiger partial charge in [-0.1, -0.05) is 19.4 Å². The monoisotopic (exact) mass is 363 g/mol. The summed E-state index contributed by atoms with van der Waals surface area (Å²) in [5, 5.41) is 23.1. The molecule has 1 fully saturated rings. The van der Waals surface area contributed by atoms with Gasteiger partial charge in [0, 0.05) is 31.4 Å². The van der Waals surface area contributed by atoms with E-state index in [0.29, 0.717) is 5.56 Å². The van der Waals surface area contributed by atoms with E-state index in [4.69, 9.17) is 0 Å². The number of hydrogen-bond acceptors (Lipinski definition) is 5. The maximum atomic E-state index is 12.9. The van der Waals surface area contributed by atoms with Gasteiger partial charge in [-0.2, -0.15) is 0 Å². The summed E-state index contributed by atoms with van der Waals surface area (Å²) in [6, 6.07) is 5.88. The van der Waals surface area contributed by atoms with Crippen molar-refractivity contribution in [2.75, 3.05) is 25.5 Å². The number of benzene rings is 1. The van der Waals surface area contributed by atoms with Gasteiger partial charge in [0.2, 0.25) is 5.91 Å². The molecule has 7 heteroatoms. The van der Waals surface area contributed by atoms with E-state index in [1.165, 1.54) is 4.90 Å². The van der Waals surface area contributed by atoms with E-state index in [2.05, 4.69) is 5.32 Å². The lowest BCUT2D eigenvalue weighted by atomic mass is 10.1. The van der Waals surface area contributed by atoms with Gasteiger partial charge in [0.25, 0.3) is 5.91 Å². The molecule has 2 amide bonds. The number of β-amino-alcohol motifs (C(OH)–C–C–N with tert-alkyl or cyclic N) is 1. The maximum absolute atomic E-state index is 12.9. The second kappa shape index (κ2) is 8.51. The first kappa shape index (κ1) is 20.2. The number of hydrogen-bond donors (Lipinski definition) is 3. The largest absolute Gasteiger partial charge is 0.388 e. The highest BCUT2D eigenvalue weighted by molar-refractivity contribution is 5.99. The lowest BCUT2D eigenvalue weighted by Crippen LogP contribution is -2.52. The Labute approximate surface area is 154 Å². The Morgan fingerprint density at radius 2 is 2.04 bits per heavy atom. The molecule has 0 spiro atoms. The van der Waals surface area contributed by atoms with Crippen LogP contribution in [0.25, 0.3) is 0 Å². The predicted octanol–water partition coefficient (Wildman–Crippen LogP) is 0.604. The SMILES string of the molecule is CCCC(C)NC(=O)[C@@H]1[C@H](O)[C@@H](O)CN1C(=O)c1cccc(N(C)C)c1. The molecule has 0 radical (unpaired) electrons. The molecule has 26 heavy (non-hydrogen) atoms. The third-order valence-corrected chi connectivity index (χ3v) is 4.69. The van der Waals surface area contributed by atoms with Crippen LogP contribution in [0, 0.1) is 0 Å². The number of amides is 2. The summed E-state index contributed by atoms with van der Waals surface area (Å²) in [6.07, 6.45) is -0.731. The molecule has 1 aliphatic rings. The smallest absolute Gasteiger partial charge is 0.254 e. The average molecular weight is 363 g/mol. The van der Waals surface area contributed by atoms with Crippen molar-refractivity contribution in [3.63, 3.8) is 0 Å². The van der Waals surface area contributed by atoms with E-state index < -0.39 is 24.2 Å². The van der Waals surface area contributed by atoms with E-state index in [1.807, 2.05) is 38.9 Å². The Kier molecular flexibility index (Phi) is 6.61. The maximum Gasteiger partial charge on any atom is 0.254 e. The molecule has 1 heterocycles. The van der Waals surface area contributed by atoms with Gasteiger partial charge >= 0.3 is 0 Å². The van der Waals surface area contributed by atoms with Crippen molar-refractivity contribution in [3.8, 4) is 0 Å². The Hall–Kier alpha value is -2.12. The molecule has 0 saturated carbocycles. The number of aliphatic hydroxyl groups excluding tert-OH is 2. The van der Waals surface area contributed by atoms with E-state index in [-0.39, 0.29) is 18.5 Å². The lowest BCUT2D eigenvalue weighted by Gasteiger charge is -2.27. The molecule has 144 valence electrons. The third kappa shape index (κ3) is 4.34. The van der Waals surface area contributed by atoms with Crippen LogP contribution in [-0.4, -0.2) is 71.9 Å². The highest BCUT2D eigenvalue weighted by Crippen LogP contribution is 2.23. The third-order valence-electron chi connectivity index (χ3n) is 4.69. The van der Waals surface area contributed by atoms with Crippen LogP contribution < -0.4 is 10.2 Å². The number of anilines is 1. The van der Waals surface area contributed by atoms with Gasteiger partial charge in [-0.3, -0.25) is 9.59 Å². The van der Waals surface area contributed by atoms with Crippen LogP contribution in [0.2, 0.25) is 0 Å². The van der Waals surface area contributed by atoms with Crippen LogP contribution in [0.1, 0.15) is 37.0 Å². The predicted molar refractivity (Wildman–Crippen MR) is 100 cm³/mol. The van der Waals surface area contributed by atoms with E-state index >= 15 is 0 Å². The topological polar surface area (TPSA) is 93.1 Å². The summed E-state index contributed by atoms with van der Waals surface area (Å²) in [7, 11) is 3.75. The molecule has 1 unspecified atom stereocenters. The van der Waals surface area contributed by atoms with Gasteiger partial charge in [-0.25, -0.2) is 0 Å². The van der Waals surface area contributed by atoms with Crippen molar-refractivity contribution in [1.82, 2.24) is 10.2 Å². The molecule has 7 nitrogen and oxygen atoms in total. The number of carbonyl (C=O) groups is 2. The molecule has 1 aromatic rings. The van der Waals surface area contributed by atoms with E-state index in [0.717, 1.165) is 18.5 Å². The van der Waals surface area contributed by atoms with Crippen LogP contribution >= 0.6 is 0 Å². The van der Waals surface area contributed by atoms with Crippen molar-refractivity contribution >= 4 is 17.5 Å². The molecule has 3 N–H and O–H groups in total. The van der Waals surface area contributed by atoms with Crippen LogP contribution in [-0.2, 0) is 4.79 Å². The van der Waals surface area contributed by atoms with Crippen LogP contribution in [0.4, 0.5) is 5.69 Å². The van der Waals surface area contributed by atoms with Crippen molar-refractivity contribution in [3.05, 3.63) is 29.8 Å². The molecule has 4 atom stereocenters. The minimum atomic E-state index is -1.30. The molecule has 1 aromatic carbocycles. The lowest BCUT2D eigenvalue weighted by molar-refractivity contribution is -0.128. The molecule has 0 bridgehead atoms. The average Bonchev–Trinajstić information content (AvgIpc) is 2.89. The van der Waals surface area contributed by atoms with Gasteiger partial charge < -0.3 is 25.3 Å². The van der Waals surface area contributed by atoms with Crippen molar-refractivity contribution in [1.29, 1.82) is 0 Å². The minimum absolute atomic E-state index is 0.0635. The fourth-order valence-corrected chi connectivity index (χ4v) is 3.24. The zero-order valence-electron chi connectivity index (χ0n) is 15.8. The Morgan fingerprint density at radius 3 is 2.65 bits per heavy atom. The first-order chi connectivity index (χ1) is 12.3. The van der Waals surface area contributed by atoms with Crippen molar-refractivity contribution < 1.29 is 19.8 Å².